The molecule has 0 radical (unpaired) electrons. The lowest BCUT2D eigenvalue weighted by molar-refractivity contribution is -0.128. The standard InChI is InChI=1S/C32H35N5O/c33-24-30(32(38)37-22-18-34(19-23-37)25-27-10-4-1-5-11-27)26-35-16-20-36(21-17-35)31(28-12-6-2-7-13-28)29-14-8-3-9-15-29/h1-15,26,31H,16-23,25H2/b30-26-. The van der Waals surface area contributed by atoms with Crippen LogP contribution in [0.5, 0.6) is 0 Å². The Labute approximate surface area is 226 Å². The molecule has 3 aromatic carbocycles. The number of carbonyl (C=O) groups is 1. The van der Waals surface area contributed by atoms with Gasteiger partial charge in [0.05, 0.1) is 6.04 Å². The van der Waals surface area contributed by atoms with E-state index in [4.69, 9.17) is 0 Å². The van der Waals surface area contributed by atoms with Crippen LogP contribution in [-0.2, 0) is 11.3 Å². The first-order chi connectivity index (χ1) is 18.7. The van der Waals surface area contributed by atoms with Crippen LogP contribution in [0.2, 0.25) is 0 Å². The Kier molecular flexibility index (Phi) is 8.49. The molecule has 38 heavy (non-hydrogen) atoms. The van der Waals surface area contributed by atoms with Gasteiger partial charge in [-0.1, -0.05) is 91.0 Å². The van der Waals surface area contributed by atoms with Gasteiger partial charge < -0.3 is 9.80 Å². The van der Waals surface area contributed by atoms with Crippen LogP contribution in [0.1, 0.15) is 22.7 Å². The zero-order valence-corrected chi connectivity index (χ0v) is 21.8. The van der Waals surface area contributed by atoms with E-state index in [0.717, 1.165) is 45.8 Å². The van der Waals surface area contributed by atoms with E-state index in [1.165, 1.54) is 16.7 Å². The molecule has 2 aliphatic heterocycles. The summed E-state index contributed by atoms with van der Waals surface area (Å²) in [6.45, 7) is 7.09. The molecule has 0 saturated carbocycles. The van der Waals surface area contributed by atoms with Crippen LogP contribution < -0.4 is 0 Å². The van der Waals surface area contributed by atoms with Gasteiger partial charge in [0.15, 0.2) is 0 Å². The molecule has 0 aromatic heterocycles. The summed E-state index contributed by atoms with van der Waals surface area (Å²) in [4.78, 5) is 22.0. The minimum Gasteiger partial charge on any atom is -0.374 e. The van der Waals surface area contributed by atoms with Crippen LogP contribution in [0.4, 0.5) is 0 Å². The van der Waals surface area contributed by atoms with Gasteiger partial charge in [-0.2, -0.15) is 5.26 Å². The Morgan fingerprint density at radius 1 is 0.737 bits per heavy atom. The normalized spacial score (nSPS) is 17.4. The number of nitrogens with zero attached hydrogens (tertiary/aromatic N) is 5. The highest BCUT2D eigenvalue weighted by Crippen LogP contribution is 2.29. The van der Waals surface area contributed by atoms with E-state index in [2.05, 4.69) is 106 Å². The molecule has 0 aliphatic carbocycles. The van der Waals surface area contributed by atoms with E-state index in [1.807, 2.05) is 11.0 Å². The van der Waals surface area contributed by atoms with Gasteiger partial charge in [0, 0.05) is 65.1 Å². The van der Waals surface area contributed by atoms with Gasteiger partial charge in [-0.3, -0.25) is 14.6 Å². The van der Waals surface area contributed by atoms with Gasteiger partial charge >= 0.3 is 0 Å². The molecule has 0 N–H and O–H groups in total. The minimum atomic E-state index is -0.152. The van der Waals surface area contributed by atoms with Crippen LogP contribution in [0.3, 0.4) is 0 Å². The first-order valence-electron chi connectivity index (χ1n) is 13.5. The lowest BCUT2D eigenvalue weighted by Gasteiger charge is -2.39. The summed E-state index contributed by atoms with van der Waals surface area (Å²) in [5, 5.41) is 9.83. The maximum atomic E-state index is 13.2. The molecule has 2 heterocycles. The van der Waals surface area contributed by atoms with Crippen LogP contribution in [0, 0.1) is 11.3 Å². The third-order valence-electron chi connectivity index (χ3n) is 7.52. The van der Waals surface area contributed by atoms with Crippen molar-refractivity contribution in [3.05, 3.63) is 119 Å². The van der Waals surface area contributed by atoms with Crippen LogP contribution in [0.15, 0.2) is 103 Å². The number of hydrogen-bond acceptors (Lipinski definition) is 5. The summed E-state index contributed by atoms with van der Waals surface area (Å²) in [5.74, 6) is -0.152. The highest BCUT2D eigenvalue weighted by molar-refractivity contribution is 5.97. The number of benzene rings is 3. The predicted molar refractivity (Wildman–Crippen MR) is 150 cm³/mol. The quantitative estimate of drug-likeness (QED) is 0.357. The number of hydrogen-bond donors (Lipinski definition) is 0. The summed E-state index contributed by atoms with van der Waals surface area (Å²) in [6, 6.07) is 34.0. The Morgan fingerprint density at radius 2 is 1.26 bits per heavy atom. The van der Waals surface area contributed by atoms with Crippen molar-refractivity contribution in [3.63, 3.8) is 0 Å². The molecule has 3 aromatic rings. The summed E-state index contributed by atoms with van der Waals surface area (Å²) in [7, 11) is 0. The van der Waals surface area contributed by atoms with Crippen molar-refractivity contribution >= 4 is 5.91 Å². The summed E-state index contributed by atoms with van der Waals surface area (Å²) < 4.78 is 0. The molecular weight excluding hydrogens is 470 g/mol. The second kappa shape index (κ2) is 12.6. The molecule has 5 rings (SSSR count). The summed E-state index contributed by atoms with van der Waals surface area (Å²) in [5.41, 5.74) is 4.08. The predicted octanol–water partition coefficient (Wildman–Crippen LogP) is 4.15. The Morgan fingerprint density at radius 3 is 1.79 bits per heavy atom. The second-order valence-electron chi connectivity index (χ2n) is 10.0. The fraction of sp³-hybridized carbons (Fsp3) is 0.312. The zero-order chi connectivity index (χ0) is 26.2. The molecule has 6 heteroatoms. The first kappa shape index (κ1) is 25.7. The SMILES string of the molecule is N#C/C(=C/N1CCN(C(c2ccccc2)c2ccccc2)CC1)C(=O)N1CCN(Cc2ccccc2)CC1. The number of piperazine rings is 2. The largest absolute Gasteiger partial charge is 0.374 e. The van der Waals surface area contributed by atoms with Crippen LogP contribution in [0.25, 0.3) is 0 Å². The molecular formula is C32H35N5O. The number of rotatable bonds is 7. The number of nitriles is 1. The molecule has 0 unspecified atom stereocenters. The zero-order valence-electron chi connectivity index (χ0n) is 21.8. The van der Waals surface area contributed by atoms with Gasteiger partial charge in [-0.05, 0) is 16.7 Å². The monoisotopic (exact) mass is 505 g/mol. The van der Waals surface area contributed by atoms with Gasteiger partial charge in [0.1, 0.15) is 11.6 Å². The minimum absolute atomic E-state index is 0.152. The second-order valence-corrected chi connectivity index (χ2v) is 10.0. The number of carbonyl (C=O) groups excluding carboxylic acids is 1. The highest BCUT2D eigenvalue weighted by Gasteiger charge is 2.28. The van der Waals surface area contributed by atoms with Crippen LogP contribution >= 0.6 is 0 Å². The van der Waals surface area contributed by atoms with Gasteiger partial charge in [-0.15, -0.1) is 0 Å². The fourth-order valence-corrected chi connectivity index (χ4v) is 5.44. The Bertz CT molecular complexity index is 1200. The Hall–Kier alpha value is -3.92. The van der Waals surface area contributed by atoms with Gasteiger partial charge in [0.25, 0.3) is 5.91 Å². The summed E-state index contributed by atoms with van der Waals surface area (Å²) >= 11 is 0. The van der Waals surface area contributed by atoms with E-state index in [0.29, 0.717) is 13.1 Å². The highest BCUT2D eigenvalue weighted by atomic mass is 16.2. The maximum absolute atomic E-state index is 13.2. The topological polar surface area (TPSA) is 53.8 Å². The number of amides is 1. The van der Waals surface area contributed by atoms with Crippen molar-refractivity contribution in [2.45, 2.75) is 12.6 Å². The molecule has 2 fully saturated rings. The lowest BCUT2D eigenvalue weighted by Crippen LogP contribution is -2.49. The lowest BCUT2D eigenvalue weighted by atomic mass is 9.96. The molecule has 2 aliphatic rings. The van der Waals surface area contributed by atoms with E-state index < -0.39 is 0 Å². The molecule has 6 nitrogen and oxygen atoms in total. The third-order valence-corrected chi connectivity index (χ3v) is 7.52. The maximum Gasteiger partial charge on any atom is 0.266 e. The fourth-order valence-electron chi connectivity index (χ4n) is 5.44. The summed E-state index contributed by atoms with van der Waals surface area (Å²) in [6.07, 6.45) is 1.79. The smallest absolute Gasteiger partial charge is 0.266 e. The molecule has 0 atom stereocenters. The van der Waals surface area contributed by atoms with Crippen molar-refractivity contribution in [2.24, 2.45) is 0 Å². The first-order valence-corrected chi connectivity index (χ1v) is 13.5. The van der Waals surface area contributed by atoms with Crippen molar-refractivity contribution in [1.82, 2.24) is 19.6 Å². The third kappa shape index (κ3) is 6.31. The van der Waals surface area contributed by atoms with E-state index in [9.17, 15) is 10.1 Å². The van der Waals surface area contributed by atoms with Gasteiger partial charge in [0.2, 0.25) is 0 Å². The van der Waals surface area contributed by atoms with Gasteiger partial charge in [-0.25, -0.2) is 0 Å². The Balaban J connectivity index is 1.18. The van der Waals surface area contributed by atoms with Crippen molar-refractivity contribution < 1.29 is 4.79 Å². The average Bonchev–Trinajstić information content (AvgIpc) is 2.98. The average molecular weight is 506 g/mol. The molecule has 1 amide bonds. The molecule has 194 valence electrons. The molecule has 2 saturated heterocycles. The van der Waals surface area contributed by atoms with E-state index >= 15 is 0 Å². The van der Waals surface area contributed by atoms with E-state index in [-0.39, 0.29) is 17.5 Å². The van der Waals surface area contributed by atoms with Crippen molar-refractivity contribution in [1.29, 1.82) is 5.26 Å². The van der Waals surface area contributed by atoms with E-state index in [1.54, 1.807) is 6.20 Å². The molecule has 0 bridgehead atoms. The van der Waals surface area contributed by atoms with Crippen LogP contribution in [-0.4, -0.2) is 77.9 Å². The van der Waals surface area contributed by atoms with Crippen molar-refractivity contribution in [3.8, 4) is 6.07 Å². The molecule has 0 spiro atoms. The van der Waals surface area contributed by atoms with Crippen molar-refractivity contribution in [2.75, 3.05) is 52.4 Å².